The standard InChI is InChI=1S/C61H81FN10O14S/c1-7-61(3,4)53(76)57(79)71-28-9-8-15-46(71)58(80)86-47(22-18-40-19-23-48(81-5)49(35-40)82-6)42-13-10-14-44(36-42)67-51(75)25-24-50(74)64-26-11-29-83-31-33-85-34-32-84-30-12-27-65-55(77)45(66-39(2)73)38-87-60-68-52-54(69-59(63)70-56(52)78)72(60)37-41-16-20-43(62)21-17-41/h10,13-14,16-17,19-21,23,35-36,45-47H,7-9,11-12,15,18,22,24-34,37-38H2,1-6H3,(H,64,74)(H,65,77)(H,66,73)(H,67,75)(H3,63,69,70,78)/t45-,46?,47+/m0/s1. The summed E-state index contributed by atoms with van der Waals surface area (Å²) in [6.07, 6.45) is 3.05. The summed E-state index contributed by atoms with van der Waals surface area (Å²) in [5.41, 5.74) is 7.29. The number of anilines is 2. The van der Waals surface area contributed by atoms with Gasteiger partial charge in [0.15, 0.2) is 27.8 Å². The summed E-state index contributed by atoms with van der Waals surface area (Å²) < 4.78 is 49.3. The van der Waals surface area contributed by atoms with E-state index in [9.17, 15) is 42.7 Å². The third-order valence-electron chi connectivity index (χ3n) is 14.5. The lowest BCUT2D eigenvalue weighted by atomic mass is 9.84. The Bertz CT molecular complexity index is 3200. The molecule has 472 valence electrons. The Kier molecular flexibility index (Phi) is 27.0. The van der Waals surface area contributed by atoms with Crippen molar-refractivity contribution in [3.63, 3.8) is 0 Å². The number of amides is 5. The number of likely N-dealkylation sites (tertiary alicyclic amines) is 1. The number of methoxy groups -OCH3 is 2. The largest absolute Gasteiger partial charge is 0.493 e. The first-order chi connectivity index (χ1) is 41.8. The molecule has 1 unspecified atom stereocenters. The Morgan fingerprint density at radius 2 is 1.49 bits per heavy atom. The number of rotatable bonds is 36. The van der Waals surface area contributed by atoms with E-state index >= 15 is 0 Å². The third kappa shape index (κ3) is 21.2. The number of piperidine rings is 1. The first kappa shape index (κ1) is 68.2. The van der Waals surface area contributed by atoms with Crippen molar-refractivity contribution in [1.29, 1.82) is 0 Å². The molecular weight excluding hydrogens is 1150 g/mol. The molecule has 0 radical (unpaired) electrons. The van der Waals surface area contributed by atoms with Crippen molar-refractivity contribution in [2.75, 3.05) is 90.3 Å². The molecular formula is C61H81FN10O14S. The molecule has 3 aromatic carbocycles. The lowest BCUT2D eigenvalue weighted by Crippen LogP contribution is -2.53. The second-order valence-corrected chi connectivity index (χ2v) is 22.4. The van der Waals surface area contributed by atoms with Gasteiger partial charge in [-0.05, 0) is 104 Å². The maximum atomic E-state index is 14.1. The van der Waals surface area contributed by atoms with Gasteiger partial charge in [0.1, 0.15) is 24.0 Å². The minimum Gasteiger partial charge on any atom is -0.493 e. The van der Waals surface area contributed by atoms with Gasteiger partial charge in [0.25, 0.3) is 11.5 Å². The molecule has 3 atom stereocenters. The number of aryl methyl sites for hydroxylation is 1. The number of ketones is 1. The van der Waals surface area contributed by atoms with E-state index in [1.165, 1.54) is 24.0 Å². The van der Waals surface area contributed by atoms with Crippen molar-refractivity contribution in [3.8, 4) is 11.5 Å². The molecule has 87 heavy (non-hydrogen) atoms. The Labute approximate surface area is 509 Å². The van der Waals surface area contributed by atoms with Crippen LogP contribution in [0, 0.1) is 11.2 Å². The zero-order valence-electron chi connectivity index (χ0n) is 50.3. The molecule has 1 aliphatic rings. The second kappa shape index (κ2) is 34.4. The lowest BCUT2D eigenvalue weighted by Gasteiger charge is -2.36. The molecule has 6 rings (SSSR count). The van der Waals surface area contributed by atoms with Crippen molar-refractivity contribution in [3.05, 3.63) is 99.6 Å². The molecule has 0 spiro atoms. The second-order valence-electron chi connectivity index (χ2n) is 21.4. The summed E-state index contributed by atoms with van der Waals surface area (Å²) in [6, 6.07) is 16.4. The van der Waals surface area contributed by atoms with Gasteiger partial charge in [-0.2, -0.15) is 4.98 Å². The summed E-state index contributed by atoms with van der Waals surface area (Å²) in [6.45, 7) is 9.63. The highest BCUT2D eigenvalue weighted by atomic mass is 32.2. The van der Waals surface area contributed by atoms with Crippen molar-refractivity contribution < 1.29 is 66.4 Å². The number of H-pyrrole nitrogens is 1. The number of fused-ring (bicyclic) bond motifs is 1. The van der Waals surface area contributed by atoms with Crippen LogP contribution in [0.2, 0.25) is 0 Å². The molecule has 24 nitrogen and oxygen atoms in total. The number of nitrogens with one attached hydrogen (secondary N) is 5. The van der Waals surface area contributed by atoms with Gasteiger partial charge < -0.3 is 60.3 Å². The quantitative estimate of drug-likeness (QED) is 0.0123. The maximum Gasteiger partial charge on any atom is 0.329 e. The maximum absolute atomic E-state index is 14.1. The number of imidazole rings is 1. The van der Waals surface area contributed by atoms with Gasteiger partial charge in [-0.1, -0.05) is 62.9 Å². The fraction of sp³-hybridized carbons (Fsp3) is 0.508. The molecule has 26 heteroatoms. The third-order valence-corrected chi connectivity index (χ3v) is 15.5. The Balaban J connectivity index is 0.846. The van der Waals surface area contributed by atoms with E-state index < -0.39 is 64.5 Å². The highest BCUT2D eigenvalue weighted by Gasteiger charge is 2.41. The van der Waals surface area contributed by atoms with Crippen LogP contribution >= 0.6 is 11.8 Å². The summed E-state index contributed by atoms with van der Waals surface area (Å²) in [5.74, 6) is -2.71. The number of Topliss-reactive ketones (excluding diaryl/α,β-unsaturated/α-hetero) is 1. The van der Waals surface area contributed by atoms with Gasteiger partial charge in [-0.25, -0.2) is 14.2 Å². The van der Waals surface area contributed by atoms with Crippen LogP contribution in [-0.4, -0.2) is 157 Å². The zero-order chi connectivity index (χ0) is 62.9. The predicted octanol–water partition coefficient (Wildman–Crippen LogP) is 5.59. The molecule has 2 aromatic heterocycles. The number of carbonyl (C=O) groups excluding carboxylic acids is 7. The van der Waals surface area contributed by atoms with Crippen LogP contribution in [0.3, 0.4) is 0 Å². The van der Waals surface area contributed by atoms with Crippen LogP contribution in [0.5, 0.6) is 11.5 Å². The molecule has 0 saturated carbocycles. The van der Waals surface area contributed by atoms with E-state index in [0.717, 1.165) is 17.3 Å². The zero-order valence-corrected chi connectivity index (χ0v) is 51.1. The Hall–Kier alpha value is -7.94. The molecule has 1 aliphatic heterocycles. The minimum atomic E-state index is -0.942. The van der Waals surface area contributed by atoms with E-state index in [0.29, 0.717) is 131 Å². The van der Waals surface area contributed by atoms with Crippen LogP contribution in [0.1, 0.15) is 108 Å². The number of nitrogens with zero attached hydrogens (tertiary/aromatic N) is 4. The summed E-state index contributed by atoms with van der Waals surface area (Å²) in [5, 5.41) is 11.5. The highest BCUT2D eigenvalue weighted by molar-refractivity contribution is 7.99. The van der Waals surface area contributed by atoms with Crippen LogP contribution in [0.4, 0.5) is 16.0 Å². The number of benzene rings is 3. The van der Waals surface area contributed by atoms with Gasteiger partial charge in [0.2, 0.25) is 35.4 Å². The van der Waals surface area contributed by atoms with Crippen LogP contribution < -0.4 is 42.0 Å². The number of esters is 1. The first-order valence-electron chi connectivity index (χ1n) is 29.1. The van der Waals surface area contributed by atoms with Gasteiger partial charge in [0.05, 0.1) is 47.2 Å². The molecule has 5 aromatic rings. The smallest absolute Gasteiger partial charge is 0.329 e. The van der Waals surface area contributed by atoms with Crippen molar-refractivity contribution in [1.82, 2.24) is 40.4 Å². The number of carbonyl (C=O) groups is 7. The van der Waals surface area contributed by atoms with Gasteiger partial charge in [-0.3, -0.25) is 43.1 Å². The van der Waals surface area contributed by atoms with E-state index in [-0.39, 0.29) is 67.2 Å². The molecule has 7 N–H and O–H groups in total. The lowest BCUT2D eigenvalue weighted by molar-refractivity contribution is -0.164. The number of halogens is 1. The molecule has 5 amide bonds. The minimum absolute atomic E-state index is 0.0375. The fourth-order valence-corrected chi connectivity index (χ4v) is 10.3. The van der Waals surface area contributed by atoms with Crippen molar-refractivity contribution >= 4 is 75.8 Å². The Morgan fingerprint density at radius 3 is 2.17 bits per heavy atom. The fourth-order valence-electron chi connectivity index (χ4n) is 9.27. The molecule has 1 fully saturated rings. The average molecular weight is 1230 g/mol. The van der Waals surface area contributed by atoms with Crippen LogP contribution in [0.25, 0.3) is 11.2 Å². The Morgan fingerprint density at radius 1 is 0.828 bits per heavy atom. The predicted molar refractivity (Wildman–Crippen MR) is 324 cm³/mol. The van der Waals surface area contributed by atoms with Crippen LogP contribution in [0.15, 0.2) is 76.7 Å². The number of hydrogen-bond acceptors (Lipinski definition) is 18. The van der Waals surface area contributed by atoms with E-state index in [1.807, 2.05) is 19.1 Å². The molecule has 1 saturated heterocycles. The first-order valence-corrected chi connectivity index (χ1v) is 30.1. The van der Waals surface area contributed by atoms with Gasteiger partial charge in [-0.15, -0.1) is 0 Å². The molecule has 0 aliphatic carbocycles. The average Bonchev–Trinajstić information content (AvgIpc) is 2.96. The van der Waals surface area contributed by atoms with E-state index in [1.54, 1.807) is 75.1 Å². The topological polar surface area (TPSA) is 316 Å². The number of nitrogen functional groups attached to an aromatic ring is 1. The summed E-state index contributed by atoms with van der Waals surface area (Å²) >= 11 is 1.13. The molecule has 0 bridgehead atoms. The number of aromatic amines is 1. The van der Waals surface area contributed by atoms with Crippen molar-refractivity contribution in [2.45, 2.75) is 122 Å². The number of thioether (sulfide) groups is 1. The van der Waals surface area contributed by atoms with Crippen LogP contribution in [-0.2, 0) is 65.5 Å². The van der Waals surface area contributed by atoms with Crippen molar-refractivity contribution in [2.24, 2.45) is 5.41 Å². The summed E-state index contributed by atoms with van der Waals surface area (Å²) in [7, 11) is 3.10. The number of ether oxygens (including phenoxy) is 6. The van der Waals surface area contributed by atoms with Gasteiger partial charge in [0, 0.05) is 69.5 Å². The number of hydrogen-bond donors (Lipinski definition) is 6. The monoisotopic (exact) mass is 1230 g/mol. The number of nitrogens with two attached hydrogens (primary N) is 1. The van der Waals surface area contributed by atoms with E-state index in [4.69, 9.17) is 34.2 Å². The normalized spacial score (nSPS) is 14.0. The van der Waals surface area contributed by atoms with Gasteiger partial charge >= 0.3 is 5.97 Å². The number of aromatic nitrogens is 4. The van der Waals surface area contributed by atoms with E-state index in [2.05, 4.69) is 36.2 Å². The highest BCUT2D eigenvalue weighted by Crippen LogP contribution is 2.33. The summed E-state index contributed by atoms with van der Waals surface area (Å²) in [4.78, 5) is 117. The SMILES string of the molecule is CCC(C)(C)C(=O)C(=O)N1CCCCC1C(=O)O[C@H](CCc1ccc(OC)c(OC)c1)c1cccc(NC(=O)CCC(=O)NCCCOCCOCCOCCCNC(=O)[C@H](CSc2nc3c(=O)[nH]c(N)nc3n2Cc2ccc(F)cc2)NC(C)=O)c1. The molecule has 3 heterocycles.